The Morgan fingerprint density at radius 2 is 2.17 bits per heavy atom. The number of nitrogens with one attached hydrogen (secondary N) is 1. The summed E-state index contributed by atoms with van der Waals surface area (Å²) in [6.07, 6.45) is 5.59. The fraction of sp³-hybridized carbons (Fsp3) is 0.333. The zero-order valence-corrected chi connectivity index (χ0v) is 14.0. The third kappa shape index (κ3) is 3.87. The van der Waals surface area contributed by atoms with Crippen molar-refractivity contribution in [3.63, 3.8) is 0 Å². The lowest BCUT2D eigenvalue weighted by Crippen LogP contribution is -2.18. The van der Waals surface area contributed by atoms with Gasteiger partial charge in [-0.1, -0.05) is 25.4 Å². The Labute approximate surface area is 138 Å². The normalized spacial score (nSPS) is 10.3. The Morgan fingerprint density at radius 3 is 2.87 bits per heavy atom. The van der Waals surface area contributed by atoms with E-state index in [4.69, 9.17) is 16.3 Å². The van der Waals surface area contributed by atoms with Crippen molar-refractivity contribution in [3.05, 3.63) is 45.9 Å². The van der Waals surface area contributed by atoms with E-state index >= 15 is 0 Å². The molecule has 122 valence electrons. The first-order valence-electron chi connectivity index (χ1n) is 7.27. The molecule has 0 unspecified atom stereocenters. The van der Waals surface area contributed by atoms with Crippen LogP contribution in [0, 0.1) is 0 Å². The maximum atomic E-state index is 12.2. The number of fused-ring (bicyclic) bond motifs is 1. The summed E-state index contributed by atoms with van der Waals surface area (Å²) in [7, 11) is 1.62. The van der Waals surface area contributed by atoms with Crippen LogP contribution in [0.5, 0.6) is 5.88 Å². The van der Waals surface area contributed by atoms with Gasteiger partial charge in [-0.15, -0.1) is 0 Å². The van der Waals surface area contributed by atoms with Crippen molar-refractivity contribution < 1.29 is 4.74 Å². The molecule has 0 aliphatic rings. The molecule has 3 aromatic heterocycles. The molecule has 1 N–H and O–H groups in total. The van der Waals surface area contributed by atoms with Gasteiger partial charge in [0.15, 0.2) is 0 Å². The van der Waals surface area contributed by atoms with Crippen molar-refractivity contribution in [1.29, 1.82) is 0 Å². The maximum absolute atomic E-state index is 12.2. The molecule has 3 heterocycles. The van der Waals surface area contributed by atoms with Crippen LogP contribution in [0.25, 0.3) is 10.9 Å². The molecular weight excluding hydrogens is 318 g/mol. The predicted molar refractivity (Wildman–Crippen MR) is 88.9 cm³/mol. The highest BCUT2D eigenvalue weighted by atomic mass is 35.5. The van der Waals surface area contributed by atoms with Crippen LogP contribution in [0.1, 0.15) is 19.4 Å². The number of nitrogens with zero attached hydrogens (tertiary/aromatic N) is 4. The standard InChI is InChI=1S/C13H12ClN5O2.C2H6/c1-19-7-15-9-4-10(14)18-12(11(9)13(19)20)21-3-2-8-5-16-17-6-8;1-2/h4-7H,2-3H2,1H3,(H,16,17);1-2H3. The van der Waals surface area contributed by atoms with Gasteiger partial charge in [0.25, 0.3) is 5.56 Å². The van der Waals surface area contributed by atoms with Crippen LogP contribution in [-0.4, -0.2) is 31.3 Å². The molecule has 0 aromatic carbocycles. The molecule has 23 heavy (non-hydrogen) atoms. The first kappa shape index (κ1) is 17.0. The van der Waals surface area contributed by atoms with Crippen LogP contribution < -0.4 is 10.3 Å². The average molecular weight is 336 g/mol. The number of aromatic amines is 1. The number of aryl methyl sites for hydroxylation is 1. The van der Waals surface area contributed by atoms with Gasteiger partial charge in [0, 0.05) is 25.7 Å². The second-order valence-corrected chi connectivity index (χ2v) is 4.90. The summed E-state index contributed by atoms with van der Waals surface area (Å²) in [4.78, 5) is 20.5. The Kier molecular flexibility index (Phi) is 5.70. The van der Waals surface area contributed by atoms with E-state index in [1.54, 1.807) is 25.5 Å². The van der Waals surface area contributed by atoms with Crippen molar-refractivity contribution in [2.24, 2.45) is 7.05 Å². The van der Waals surface area contributed by atoms with Gasteiger partial charge in [-0.25, -0.2) is 9.97 Å². The maximum Gasteiger partial charge on any atom is 0.266 e. The summed E-state index contributed by atoms with van der Waals surface area (Å²) in [6.45, 7) is 4.36. The van der Waals surface area contributed by atoms with E-state index in [2.05, 4.69) is 20.2 Å². The zero-order chi connectivity index (χ0) is 16.8. The molecule has 3 aromatic rings. The molecule has 0 spiro atoms. The number of ether oxygens (including phenoxy) is 1. The van der Waals surface area contributed by atoms with Crippen molar-refractivity contribution in [3.8, 4) is 5.88 Å². The number of aromatic nitrogens is 5. The summed E-state index contributed by atoms with van der Waals surface area (Å²) in [5.41, 5.74) is 1.26. The molecule has 3 rings (SSSR count). The van der Waals surface area contributed by atoms with Gasteiger partial charge in [-0.2, -0.15) is 5.10 Å². The number of hydrogen-bond donors (Lipinski definition) is 1. The van der Waals surface area contributed by atoms with Crippen LogP contribution >= 0.6 is 11.6 Å². The van der Waals surface area contributed by atoms with Crippen molar-refractivity contribution in [1.82, 2.24) is 24.7 Å². The average Bonchev–Trinajstić information content (AvgIpc) is 3.06. The van der Waals surface area contributed by atoms with E-state index in [9.17, 15) is 4.79 Å². The lowest BCUT2D eigenvalue weighted by Gasteiger charge is -2.08. The van der Waals surface area contributed by atoms with E-state index in [1.807, 2.05) is 13.8 Å². The van der Waals surface area contributed by atoms with Gasteiger partial charge in [-0.05, 0) is 5.56 Å². The Bertz CT molecular complexity index is 830. The smallest absolute Gasteiger partial charge is 0.266 e. The van der Waals surface area contributed by atoms with Gasteiger partial charge < -0.3 is 9.30 Å². The second kappa shape index (κ2) is 7.73. The highest BCUT2D eigenvalue weighted by molar-refractivity contribution is 6.30. The summed E-state index contributed by atoms with van der Waals surface area (Å²) in [5, 5.41) is 7.15. The Hall–Kier alpha value is -2.41. The van der Waals surface area contributed by atoms with Gasteiger partial charge in [-0.3, -0.25) is 9.89 Å². The van der Waals surface area contributed by atoms with Crippen molar-refractivity contribution in [2.45, 2.75) is 20.3 Å². The summed E-state index contributed by atoms with van der Waals surface area (Å²) in [6, 6.07) is 1.54. The first-order valence-corrected chi connectivity index (χ1v) is 7.65. The zero-order valence-electron chi connectivity index (χ0n) is 13.2. The Morgan fingerprint density at radius 1 is 1.39 bits per heavy atom. The fourth-order valence-electron chi connectivity index (χ4n) is 1.94. The number of halogens is 1. The number of hydrogen-bond acceptors (Lipinski definition) is 5. The molecular formula is C15H18ClN5O2. The van der Waals surface area contributed by atoms with Crippen LogP contribution in [0.4, 0.5) is 0 Å². The van der Waals surface area contributed by atoms with Crippen LogP contribution in [0.2, 0.25) is 5.15 Å². The van der Waals surface area contributed by atoms with Crippen molar-refractivity contribution >= 4 is 22.5 Å². The number of H-pyrrole nitrogens is 1. The van der Waals surface area contributed by atoms with Gasteiger partial charge >= 0.3 is 0 Å². The predicted octanol–water partition coefficient (Wildman–Crippen LogP) is 2.35. The van der Waals surface area contributed by atoms with E-state index in [0.29, 0.717) is 23.9 Å². The summed E-state index contributed by atoms with van der Waals surface area (Å²) in [5.74, 6) is 0.203. The molecule has 7 nitrogen and oxygen atoms in total. The quantitative estimate of drug-likeness (QED) is 0.740. The van der Waals surface area contributed by atoms with Crippen LogP contribution in [0.15, 0.2) is 29.6 Å². The number of rotatable bonds is 4. The van der Waals surface area contributed by atoms with Crippen molar-refractivity contribution in [2.75, 3.05) is 6.61 Å². The highest BCUT2D eigenvalue weighted by Gasteiger charge is 2.12. The summed E-state index contributed by atoms with van der Waals surface area (Å²) >= 11 is 5.94. The largest absolute Gasteiger partial charge is 0.477 e. The SMILES string of the molecule is CC.Cn1cnc2cc(Cl)nc(OCCc3cn[nH]c3)c2c1=O. The summed E-state index contributed by atoms with van der Waals surface area (Å²) < 4.78 is 6.99. The van der Waals surface area contributed by atoms with E-state index < -0.39 is 0 Å². The minimum absolute atomic E-state index is 0.203. The first-order chi connectivity index (χ1) is 11.1. The molecule has 0 bridgehead atoms. The van der Waals surface area contributed by atoms with E-state index in [1.165, 1.54) is 10.9 Å². The molecule has 0 saturated heterocycles. The molecule has 0 radical (unpaired) electrons. The molecule has 0 atom stereocenters. The number of pyridine rings is 1. The molecule has 0 aliphatic carbocycles. The van der Waals surface area contributed by atoms with E-state index in [-0.39, 0.29) is 16.6 Å². The van der Waals surface area contributed by atoms with Crippen LogP contribution in [0.3, 0.4) is 0 Å². The van der Waals surface area contributed by atoms with E-state index in [0.717, 1.165) is 5.56 Å². The fourth-order valence-corrected chi connectivity index (χ4v) is 2.12. The monoisotopic (exact) mass is 335 g/mol. The minimum Gasteiger partial charge on any atom is -0.477 e. The lowest BCUT2D eigenvalue weighted by molar-refractivity contribution is 0.313. The minimum atomic E-state index is -0.220. The third-order valence-corrected chi connectivity index (χ3v) is 3.22. The molecule has 0 saturated carbocycles. The Balaban J connectivity index is 0.000000924. The van der Waals surface area contributed by atoms with Gasteiger partial charge in [0.2, 0.25) is 5.88 Å². The molecule has 8 heteroatoms. The third-order valence-electron chi connectivity index (χ3n) is 3.02. The molecule has 0 amide bonds. The van der Waals surface area contributed by atoms with Gasteiger partial charge in [0.05, 0.1) is 24.6 Å². The highest BCUT2D eigenvalue weighted by Crippen LogP contribution is 2.22. The second-order valence-electron chi connectivity index (χ2n) is 4.51. The topological polar surface area (TPSA) is 85.7 Å². The molecule has 0 aliphatic heterocycles. The molecule has 0 fully saturated rings. The lowest BCUT2D eigenvalue weighted by atomic mass is 10.3. The van der Waals surface area contributed by atoms with Gasteiger partial charge in [0.1, 0.15) is 10.5 Å². The van der Waals surface area contributed by atoms with Crippen LogP contribution in [-0.2, 0) is 13.5 Å².